The normalized spacial score (nSPS) is 34.9. The summed E-state index contributed by atoms with van der Waals surface area (Å²) in [5.74, 6) is 0. The Labute approximate surface area is 230 Å². The van der Waals surface area contributed by atoms with Crippen molar-refractivity contribution >= 4 is 6.03 Å². The van der Waals surface area contributed by atoms with Gasteiger partial charge in [-0.3, -0.25) is 0 Å². The molecule has 3 N–H and O–H groups in total. The number of urea groups is 1. The molecule has 2 heterocycles. The molecule has 0 atom stereocenters. The predicted molar refractivity (Wildman–Crippen MR) is 147 cm³/mol. The molecule has 2 amide bonds. The SMILES string of the molecule is [O]N1C2(CCCCC2)CC(NC(=O)NC2CC3(CCCCC3)N(O)C3(CCCCC3)C2)CC12CCCCC2. The van der Waals surface area contributed by atoms with E-state index in [1.54, 1.807) is 5.06 Å². The van der Waals surface area contributed by atoms with Crippen molar-refractivity contribution in [2.75, 3.05) is 0 Å². The third kappa shape index (κ3) is 4.92. The molecular weight excluding hydrogens is 476 g/mol. The number of nitrogens with zero attached hydrogens (tertiary/aromatic N) is 2. The minimum atomic E-state index is -0.285. The zero-order chi connectivity index (χ0) is 26.3. The van der Waals surface area contributed by atoms with Crippen molar-refractivity contribution in [1.29, 1.82) is 0 Å². The first-order valence-electron chi connectivity index (χ1n) is 16.4. The number of nitrogens with one attached hydrogen (secondary N) is 2. The van der Waals surface area contributed by atoms with Crippen LogP contribution in [-0.2, 0) is 5.21 Å². The third-order valence-corrected chi connectivity index (χ3v) is 12.1. The van der Waals surface area contributed by atoms with Crippen molar-refractivity contribution < 1.29 is 15.2 Å². The Kier molecular flexibility index (Phi) is 7.78. The second-order valence-corrected chi connectivity index (χ2v) is 14.6. The van der Waals surface area contributed by atoms with Crippen LogP contribution in [0.3, 0.4) is 0 Å². The second-order valence-electron chi connectivity index (χ2n) is 14.6. The maximum absolute atomic E-state index is 14.0. The monoisotopic (exact) mass is 529 g/mol. The van der Waals surface area contributed by atoms with Gasteiger partial charge in [0.05, 0.1) is 11.1 Å². The van der Waals surface area contributed by atoms with E-state index in [9.17, 15) is 15.2 Å². The fourth-order valence-electron chi connectivity index (χ4n) is 10.4. The van der Waals surface area contributed by atoms with E-state index in [1.807, 2.05) is 5.06 Å². The molecule has 4 spiro atoms. The molecule has 0 aromatic rings. The molecule has 6 rings (SSSR count). The molecule has 38 heavy (non-hydrogen) atoms. The quantitative estimate of drug-likeness (QED) is 0.369. The summed E-state index contributed by atoms with van der Waals surface area (Å²) in [5, 5.41) is 35.9. The van der Waals surface area contributed by atoms with E-state index in [0.717, 1.165) is 103 Å². The minimum absolute atomic E-state index is 0.0421. The van der Waals surface area contributed by atoms with Crippen molar-refractivity contribution in [3.8, 4) is 0 Å². The molecule has 215 valence electrons. The van der Waals surface area contributed by atoms with Gasteiger partial charge in [-0.25, -0.2) is 4.79 Å². The summed E-state index contributed by atoms with van der Waals surface area (Å²) in [6.07, 6.45) is 25.6. The van der Waals surface area contributed by atoms with Gasteiger partial charge in [-0.1, -0.05) is 77.0 Å². The molecular formula is C31H53N4O3. The van der Waals surface area contributed by atoms with E-state index in [2.05, 4.69) is 10.6 Å². The number of rotatable bonds is 2. The van der Waals surface area contributed by atoms with Crippen LogP contribution >= 0.6 is 0 Å². The molecule has 2 saturated heterocycles. The number of hydrogen-bond acceptors (Lipinski definition) is 4. The van der Waals surface area contributed by atoms with Gasteiger partial charge in [-0.05, 0) is 77.0 Å². The molecule has 0 aromatic heterocycles. The molecule has 1 radical (unpaired) electrons. The Morgan fingerprint density at radius 2 is 0.816 bits per heavy atom. The highest BCUT2D eigenvalue weighted by molar-refractivity contribution is 5.74. The van der Waals surface area contributed by atoms with E-state index in [1.165, 1.54) is 51.4 Å². The fraction of sp³-hybridized carbons (Fsp3) is 0.968. The highest BCUT2D eigenvalue weighted by atomic mass is 16.5. The summed E-state index contributed by atoms with van der Waals surface area (Å²) < 4.78 is 0. The predicted octanol–water partition coefficient (Wildman–Crippen LogP) is 6.76. The molecule has 0 aromatic carbocycles. The van der Waals surface area contributed by atoms with Crippen LogP contribution in [0, 0.1) is 0 Å². The number of carbonyl (C=O) groups excluding carboxylic acids is 1. The molecule has 7 heteroatoms. The lowest BCUT2D eigenvalue weighted by Gasteiger charge is -2.59. The lowest BCUT2D eigenvalue weighted by atomic mass is 9.65. The number of hydrogen-bond donors (Lipinski definition) is 3. The number of amides is 2. The van der Waals surface area contributed by atoms with Crippen LogP contribution in [0.1, 0.15) is 154 Å². The van der Waals surface area contributed by atoms with Gasteiger partial charge in [0.2, 0.25) is 0 Å². The lowest BCUT2D eigenvalue weighted by molar-refractivity contribution is -0.319. The van der Waals surface area contributed by atoms with E-state index in [0.29, 0.717) is 0 Å². The average molecular weight is 530 g/mol. The van der Waals surface area contributed by atoms with E-state index in [4.69, 9.17) is 0 Å². The number of hydroxylamine groups is 4. The van der Waals surface area contributed by atoms with Gasteiger partial charge in [0.15, 0.2) is 0 Å². The molecule has 4 aliphatic carbocycles. The zero-order valence-electron chi connectivity index (χ0n) is 23.8. The first-order valence-corrected chi connectivity index (χ1v) is 16.4. The topological polar surface area (TPSA) is 87.7 Å². The van der Waals surface area contributed by atoms with Crippen LogP contribution in [0.4, 0.5) is 4.79 Å². The van der Waals surface area contributed by atoms with E-state index < -0.39 is 0 Å². The summed E-state index contributed by atoms with van der Waals surface area (Å²) in [7, 11) is 0. The first kappa shape index (κ1) is 27.3. The molecule has 6 fully saturated rings. The summed E-state index contributed by atoms with van der Waals surface area (Å²) in [6.45, 7) is 0. The van der Waals surface area contributed by atoms with Crippen molar-refractivity contribution in [2.24, 2.45) is 0 Å². The Morgan fingerprint density at radius 3 is 1.16 bits per heavy atom. The largest absolute Gasteiger partial charge is 0.335 e. The molecule has 7 nitrogen and oxygen atoms in total. The Bertz CT molecular complexity index is 703. The van der Waals surface area contributed by atoms with Crippen LogP contribution in [0.2, 0.25) is 0 Å². The molecule has 0 unspecified atom stereocenters. The molecule has 2 aliphatic heterocycles. The maximum Gasteiger partial charge on any atom is 0.315 e. The van der Waals surface area contributed by atoms with E-state index in [-0.39, 0.29) is 40.3 Å². The minimum Gasteiger partial charge on any atom is -0.335 e. The van der Waals surface area contributed by atoms with Crippen molar-refractivity contribution in [3.63, 3.8) is 0 Å². The van der Waals surface area contributed by atoms with Crippen LogP contribution in [0.25, 0.3) is 0 Å². The highest BCUT2D eigenvalue weighted by Crippen LogP contribution is 2.52. The molecule has 6 aliphatic rings. The van der Waals surface area contributed by atoms with Gasteiger partial charge in [0.1, 0.15) is 0 Å². The molecule has 4 saturated carbocycles. The zero-order valence-corrected chi connectivity index (χ0v) is 23.8. The van der Waals surface area contributed by atoms with Gasteiger partial charge in [0.25, 0.3) is 0 Å². The van der Waals surface area contributed by atoms with Crippen LogP contribution in [0.5, 0.6) is 0 Å². The van der Waals surface area contributed by atoms with Crippen molar-refractivity contribution in [3.05, 3.63) is 0 Å². The highest BCUT2D eigenvalue weighted by Gasteiger charge is 2.57. The van der Waals surface area contributed by atoms with Crippen LogP contribution in [0.15, 0.2) is 0 Å². The smallest absolute Gasteiger partial charge is 0.315 e. The Morgan fingerprint density at radius 1 is 0.526 bits per heavy atom. The maximum atomic E-state index is 14.0. The summed E-state index contributed by atoms with van der Waals surface area (Å²) in [4.78, 5) is 13.6. The van der Waals surface area contributed by atoms with E-state index >= 15 is 0 Å². The van der Waals surface area contributed by atoms with Gasteiger partial charge >= 0.3 is 6.03 Å². The summed E-state index contributed by atoms with van der Waals surface area (Å²) in [5.41, 5.74) is -0.936. The Balaban J connectivity index is 1.17. The number of carbonyl (C=O) groups is 1. The lowest BCUT2D eigenvalue weighted by Crippen LogP contribution is -2.69. The van der Waals surface area contributed by atoms with Crippen molar-refractivity contribution in [1.82, 2.24) is 20.8 Å². The van der Waals surface area contributed by atoms with Gasteiger partial charge < -0.3 is 15.8 Å². The van der Waals surface area contributed by atoms with Gasteiger partial charge in [0, 0.05) is 23.2 Å². The number of piperidine rings is 2. The molecule has 0 bridgehead atoms. The fourth-order valence-corrected chi connectivity index (χ4v) is 10.4. The standard InChI is InChI=1S/C31H53N4O3/c36-27(32-25-21-28(13-5-1-6-14-28)34(37)29(22-25)15-7-2-8-16-29)33-26-23-30(17-9-3-10-18-30)35(38)31(24-26)19-11-4-12-20-31/h25-26,37H,1-24H2,(H2,32,33,36). The average Bonchev–Trinajstić information content (AvgIpc) is 2.93. The Hall–Kier alpha value is -0.890. The van der Waals surface area contributed by atoms with Gasteiger partial charge in [-0.15, -0.1) is 10.3 Å². The second kappa shape index (κ2) is 10.8. The van der Waals surface area contributed by atoms with Crippen molar-refractivity contribution in [2.45, 2.75) is 188 Å². The van der Waals surface area contributed by atoms with Gasteiger partial charge in [-0.2, -0.15) is 5.06 Å². The third-order valence-electron chi connectivity index (χ3n) is 12.1. The first-order chi connectivity index (χ1) is 18.4. The summed E-state index contributed by atoms with van der Waals surface area (Å²) in [6, 6.07) is 0.127. The summed E-state index contributed by atoms with van der Waals surface area (Å²) >= 11 is 0. The van der Waals surface area contributed by atoms with Crippen LogP contribution < -0.4 is 10.6 Å². The van der Waals surface area contributed by atoms with Crippen LogP contribution in [-0.4, -0.2) is 55.6 Å².